The molecule has 0 bridgehead atoms. The molecule has 3 N–H and O–H groups in total. The zero-order valence-corrected chi connectivity index (χ0v) is 28.4. The third kappa shape index (κ3) is 8.62. The van der Waals surface area contributed by atoms with Crippen LogP contribution in [-0.4, -0.2) is 37.2 Å². The molecule has 1 aromatic carbocycles. The summed E-state index contributed by atoms with van der Waals surface area (Å²) in [5.41, 5.74) is 0.440. The molecular formula is C34H53ClN6O2. The third-order valence-electron chi connectivity index (χ3n) is 9.04. The molecule has 0 radical (unpaired) electrons. The molecule has 0 aliphatic heterocycles. The van der Waals surface area contributed by atoms with E-state index >= 15 is 0 Å². The van der Waals surface area contributed by atoms with Gasteiger partial charge in [0.15, 0.2) is 11.5 Å². The van der Waals surface area contributed by atoms with Gasteiger partial charge in [0.1, 0.15) is 5.02 Å². The van der Waals surface area contributed by atoms with Crippen LogP contribution in [0.15, 0.2) is 24.3 Å². The number of amides is 2. The number of halogens is 1. The van der Waals surface area contributed by atoms with Gasteiger partial charge in [-0.1, -0.05) is 88.4 Å². The zero-order chi connectivity index (χ0) is 31.8. The molecular weight excluding hydrogens is 560 g/mol. The summed E-state index contributed by atoms with van der Waals surface area (Å²) in [7, 11) is 0. The van der Waals surface area contributed by atoms with Crippen LogP contribution in [0.3, 0.4) is 0 Å². The summed E-state index contributed by atoms with van der Waals surface area (Å²) < 4.78 is 1.69. The predicted octanol–water partition coefficient (Wildman–Crippen LogP) is 8.07. The number of benzene rings is 1. The topological polar surface area (TPSA) is 104 Å². The first kappa shape index (κ1) is 34.6. The summed E-state index contributed by atoms with van der Waals surface area (Å²) in [6, 6.07) is 7.86. The Morgan fingerprint density at radius 3 is 1.98 bits per heavy atom. The number of hydrogen-bond acceptors (Lipinski definition) is 4. The number of nitrogens with zero attached hydrogens (tertiary/aromatic N) is 3. The molecule has 43 heavy (non-hydrogen) atoms. The van der Waals surface area contributed by atoms with Crippen molar-refractivity contribution in [3.05, 3.63) is 51.9 Å². The van der Waals surface area contributed by atoms with Crippen LogP contribution in [-0.2, 0) is 16.8 Å². The Morgan fingerprint density at radius 2 is 1.40 bits per heavy atom. The van der Waals surface area contributed by atoms with E-state index in [1.165, 1.54) is 69.8 Å². The molecule has 9 heteroatoms. The minimum absolute atomic E-state index is 0.203. The number of fused-ring (bicyclic) bond motifs is 1. The van der Waals surface area contributed by atoms with Gasteiger partial charge in [-0.3, -0.25) is 14.7 Å². The van der Waals surface area contributed by atoms with E-state index in [-0.39, 0.29) is 11.8 Å². The second-order valence-corrected chi connectivity index (χ2v) is 14.0. The Hall–Kier alpha value is -2.87. The lowest BCUT2D eigenvalue weighted by Crippen LogP contribution is -2.61. The second kappa shape index (κ2) is 14.7. The molecule has 0 aliphatic carbocycles. The van der Waals surface area contributed by atoms with Crippen LogP contribution >= 0.6 is 11.6 Å². The fraction of sp³-hybridized carbons (Fsp3) is 0.647. The van der Waals surface area contributed by atoms with Gasteiger partial charge in [0.05, 0.1) is 16.6 Å². The molecule has 8 nitrogen and oxygen atoms in total. The molecule has 0 atom stereocenters. The van der Waals surface area contributed by atoms with Crippen LogP contribution in [0.25, 0.3) is 5.65 Å². The molecule has 0 aliphatic rings. The highest BCUT2D eigenvalue weighted by Crippen LogP contribution is 2.33. The Balaban J connectivity index is 1.51. The summed E-state index contributed by atoms with van der Waals surface area (Å²) in [6.07, 6.45) is 14.2. The van der Waals surface area contributed by atoms with Crippen LogP contribution in [0, 0.1) is 12.3 Å². The highest BCUT2D eigenvalue weighted by Gasteiger charge is 2.46. The SMILES string of the molecule is CCCCCCCCCCCCc1ccc(C(=O)NC(C)(C)C(C)(C)C(=O)NC(C)(C)c2nnc3c(Cl)c(C)[nH]n23)cc1. The van der Waals surface area contributed by atoms with Crippen LogP contribution in [0.5, 0.6) is 0 Å². The van der Waals surface area contributed by atoms with Crippen LogP contribution in [0.4, 0.5) is 0 Å². The summed E-state index contributed by atoms with van der Waals surface area (Å²) in [5.74, 6) is 0.105. The molecule has 0 saturated heterocycles. The zero-order valence-electron chi connectivity index (χ0n) is 27.6. The van der Waals surface area contributed by atoms with Gasteiger partial charge < -0.3 is 10.6 Å². The summed E-state index contributed by atoms with van der Waals surface area (Å²) >= 11 is 6.33. The Kier molecular flexibility index (Phi) is 11.9. The smallest absolute Gasteiger partial charge is 0.251 e. The lowest BCUT2D eigenvalue weighted by atomic mass is 9.73. The van der Waals surface area contributed by atoms with E-state index in [2.05, 4.69) is 32.9 Å². The van der Waals surface area contributed by atoms with E-state index < -0.39 is 16.5 Å². The van der Waals surface area contributed by atoms with E-state index in [9.17, 15) is 9.59 Å². The molecule has 0 unspecified atom stereocenters. The van der Waals surface area contributed by atoms with Crippen molar-refractivity contribution in [3.63, 3.8) is 0 Å². The van der Waals surface area contributed by atoms with Crippen LogP contribution < -0.4 is 10.6 Å². The average Bonchev–Trinajstić information content (AvgIpc) is 3.49. The predicted molar refractivity (Wildman–Crippen MR) is 176 cm³/mol. The van der Waals surface area contributed by atoms with E-state index in [4.69, 9.17) is 11.6 Å². The largest absolute Gasteiger partial charge is 0.346 e. The summed E-state index contributed by atoms with van der Waals surface area (Å²) in [5, 5.41) is 18.3. The highest BCUT2D eigenvalue weighted by atomic mass is 35.5. The molecule has 238 valence electrons. The minimum Gasteiger partial charge on any atom is -0.346 e. The molecule has 2 heterocycles. The molecule has 2 amide bonds. The van der Waals surface area contributed by atoms with Crippen molar-refractivity contribution in [3.8, 4) is 0 Å². The van der Waals surface area contributed by atoms with Gasteiger partial charge in [-0.2, -0.15) is 0 Å². The number of nitrogens with one attached hydrogen (secondary N) is 3. The fourth-order valence-corrected chi connectivity index (χ4v) is 5.42. The second-order valence-electron chi connectivity index (χ2n) is 13.6. The van der Waals surface area contributed by atoms with Crippen LogP contribution in [0.2, 0.25) is 5.02 Å². The van der Waals surface area contributed by atoms with E-state index in [1.54, 1.807) is 4.52 Å². The van der Waals surface area contributed by atoms with Crippen molar-refractivity contribution in [2.75, 3.05) is 0 Å². The van der Waals surface area contributed by atoms with Crippen molar-refractivity contribution in [2.45, 2.75) is 137 Å². The number of hydrogen-bond donors (Lipinski definition) is 3. The number of unbranched alkanes of at least 4 members (excludes halogenated alkanes) is 9. The minimum atomic E-state index is -0.956. The molecule has 2 aromatic heterocycles. The van der Waals surface area contributed by atoms with Gasteiger partial charge in [-0.05, 0) is 79.0 Å². The maximum absolute atomic E-state index is 13.7. The van der Waals surface area contributed by atoms with Gasteiger partial charge in [-0.15, -0.1) is 10.2 Å². The summed E-state index contributed by atoms with van der Waals surface area (Å²) in [4.78, 5) is 26.9. The number of rotatable bonds is 17. The Morgan fingerprint density at radius 1 is 0.837 bits per heavy atom. The van der Waals surface area contributed by atoms with Gasteiger partial charge in [0, 0.05) is 11.1 Å². The number of aryl methyl sites for hydroxylation is 2. The van der Waals surface area contributed by atoms with Crippen molar-refractivity contribution in [2.24, 2.45) is 5.41 Å². The fourth-order valence-electron chi connectivity index (χ4n) is 5.25. The van der Waals surface area contributed by atoms with E-state index in [1.807, 2.05) is 72.7 Å². The van der Waals surface area contributed by atoms with Gasteiger partial charge in [0.2, 0.25) is 5.91 Å². The first-order chi connectivity index (χ1) is 20.2. The Bertz CT molecular complexity index is 1350. The Labute approximate surface area is 263 Å². The highest BCUT2D eigenvalue weighted by molar-refractivity contribution is 6.34. The molecule has 0 spiro atoms. The number of H-pyrrole nitrogens is 1. The molecule has 0 fully saturated rings. The maximum atomic E-state index is 13.7. The summed E-state index contributed by atoms with van der Waals surface area (Å²) in [6.45, 7) is 15.3. The van der Waals surface area contributed by atoms with Crippen LogP contribution in [0.1, 0.15) is 140 Å². The van der Waals surface area contributed by atoms with Crippen molar-refractivity contribution >= 4 is 29.1 Å². The van der Waals surface area contributed by atoms with Gasteiger partial charge in [0.25, 0.3) is 5.91 Å². The van der Waals surface area contributed by atoms with E-state index in [0.717, 1.165) is 12.1 Å². The van der Waals surface area contributed by atoms with Gasteiger partial charge in [-0.25, -0.2) is 4.52 Å². The maximum Gasteiger partial charge on any atom is 0.251 e. The monoisotopic (exact) mass is 612 g/mol. The normalized spacial score (nSPS) is 12.6. The number of aromatic nitrogens is 4. The van der Waals surface area contributed by atoms with Crippen molar-refractivity contribution in [1.82, 2.24) is 30.4 Å². The lowest BCUT2D eigenvalue weighted by molar-refractivity contribution is -0.134. The first-order valence-corrected chi connectivity index (χ1v) is 16.4. The number of aromatic amines is 1. The van der Waals surface area contributed by atoms with Gasteiger partial charge >= 0.3 is 0 Å². The standard InChI is InChI=1S/C34H53ClN6O2/c1-9-10-11-12-13-14-15-16-17-18-19-25-20-22-26(23-21-25)29(42)36-34(7,8)32(3,4)31(43)37-33(5,6)30-39-38-28-27(35)24(2)40-41(28)30/h20-23,40H,9-19H2,1-8H3,(H,36,42)(H,37,43). The first-order valence-electron chi connectivity index (χ1n) is 16.0. The molecule has 3 aromatic rings. The quantitative estimate of drug-likeness (QED) is 0.134. The number of carbonyl (C=O) groups is 2. The average molecular weight is 613 g/mol. The third-order valence-corrected chi connectivity index (χ3v) is 9.50. The molecule has 0 saturated carbocycles. The molecule has 3 rings (SSSR count). The van der Waals surface area contributed by atoms with Crippen molar-refractivity contribution in [1.29, 1.82) is 0 Å². The lowest BCUT2D eigenvalue weighted by Gasteiger charge is -2.42. The number of carbonyl (C=O) groups excluding carboxylic acids is 2. The van der Waals surface area contributed by atoms with E-state index in [0.29, 0.717) is 22.1 Å². The van der Waals surface area contributed by atoms with Crippen molar-refractivity contribution < 1.29 is 9.59 Å².